The Labute approximate surface area is 593 Å². The van der Waals surface area contributed by atoms with E-state index in [1.807, 2.05) is 63.4 Å². The number of aryl methyl sites for hydroxylation is 3. The lowest BCUT2D eigenvalue weighted by Gasteiger charge is -2.24. The van der Waals surface area contributed by atoms with Gasteiger partial charge in [-0.3, -0.25) is 4.98 Å². The molecular formula is C87H105N7O6. The van der Waals surface area contributed by atoms with Crippen molar-refractivity contribution in [2.75, 3.05) is 88.3 Å². The van der Waals surface area contributed by atoms with Crippen LogP contribution in [0.4, 0.5) is 0 Å². The second kappa shape index (κ2) is 38.2. The fraction of sp³-hybridized carbons (Fsp3) is 0.310. The van der Waals surface area contributed by atoms with E-state index < -0.39 is 0 Å². The van der Waals surface area contributed by atoms with E-state index in [4.69, 9.17) is 24.7 Å². The van der Waals surface area contributed by atoms with Crippen LogP contribution in [-0.2, 0) is 38.3 Å². The lowest BCUT2D eigenvalue weighted by molar-refractivity contribution is -0.107. The zero-order valence-corrected chi connectivity index (χ0v) is 61.8. The number of rotatable bonds is 21. The first-order valence-electron chi connectivity index (χ1n) is 35.1. The first kappa shape index (κ1) is 76.3. The molecule has 2 N–H and O–H groups in total. The van der Waals surface area contributed by atoms with E-state index in [9.17, 15) is 4.79 Å². The smallest absolute Gasteiger partial charge is 0.188 e. The van der Waals surface area contributed by atoms with E-state index in [1.54, 1.807) is 21.3 Å². The average molecular weight is 1340 g/mol. The number of carbonyl (C=O) groups is 1. The Bertz CT molecular complexity index is 4560. The van der Waals surface area contributed by atoms with Crippen molar-refractivity contribution in [3.05, 3.63) is 251 Å². The van der Waals surface area contributed by atoms with Crippen LogP contribution >= 0.6 is 0 Å². The normalized spacial score (nSPS) is 11.1. The molecule has 0 saturated carbocycles. The molecule has 524 valence electrons. The summed E-state index contributed by atoms with van der Waals surface area (Å²) in [5.74, 6) is 2.12. The van der Waals surface area contributed by atoms with Crippen LogP contribution in [-0.4, -0.2) is 123 Å². The van der Waals surface area contributed by atoms with Gasteiger partial charge in [-0.05, 0) is 187 Å². The highest BCUT2D eigenvalue weighted by Gasteiger charge is 2.22. The lowest BCUT2D eigenvalue weighted by atomic mass is 9.99. The molecule has 13 rings (SSSR count). The van der Waals surface area contributed by atoms with Gasteiger partial charge in [0.1, 0.15) is 17.8 Å². The molecule has 0 spiro atoms. The monoisotopic (exact) mass is 1340 g/mol. The molecule has 0 bridgehead atoms. The summed E-state index contributed by atoms with van der Waals surface area (Å²) < 4.78 is 34.6. The number of nitrogens with two attached hydrogens (primary N) is 1. The van der Waals surface area contributed by atoms with Gasteiger partial charge in [0.05, 0.1) is 44.5 Å². The number of benzene rings is 9. The SMILES string of the molecule is CC(C)c1ccccn1.CCN.CCN(C)C.CCN(CCc1cc(C)cc(-n2c3ccccc3c3ccccc32)c1C)CCc1cc(C)cc(-n2c3ccccc3c3ccccc32)c1OCOC.CCOC.COCOc1c(CC=O)cc(C)cc1-n1c2ccccc2c2ccccc21. The minimum absolute atomic E-state index is 0.124. The van der Waals surface area contributed by atoms with Crippen LogP contribution in [0.15, 0.2) is 206 Å². The summed E-state index contributed by atoms with van der Waals surface area (Å²) >= 11 is 0. The van der Waals surface area contributed by atoms with Gasteiger partial charge in [0.15, 0.2) is 13.6 Å². The van der Waals surface area contributed by atoms with Gasteiger partial charge in [-0.15, -0.1) is 0 Å². The molecule has 13 nitrogen and oxygen atoms in total. The van der Waals surface area contributed by atoms with Crippen LogP contribution < -0.4 is 15.2 Å². The average Bonchev–Trinajstić information content (AvgIpc) is 1.60. The van der Waals surface area contributed by atoms with E-state index in [0.29, 0.717) is 18.1 Å². The number of ether oxygens (including phenoxy) is 5. The zero-order chi connectivity index (χ0) is 71.7. The first-order valence-corrected chi connectivity index (χ1v) is 35.1. The van der Waals surface area contributed by atoms with Crippen molar-refractivity contribution in [1.29, 1.82) is 0 Å². The number of nitrogens with zero attached hydrogens (tertiary/aromatic N) is 6. The van der Waals surface area contributed by atoms with Crippen molar-refractivity contribution in [1.82, 2.24) is 28.5 Å². The topological polar surface area (TPSA) is 123 Å². The second-order valence-corrected chi connectivity index (χ2v) is 25.4. The molecule has 0 aliphatic heterocycles. The minimum Gasteiger partial charge on any atom is -0.465 e. The number of hydrogen-bond donors (Lipinski definition) is 1. The third-order valence-electron chi connectivity index (χ3n) is 17.7. The van der Waals surface area contributed by atoms with E-state index in [1.165, 1.54) is 87.9 Å². The van der Waals surface area contributed by atoms with Crippen molar-refractivity contribution in [2.45, 2.75) is 94.4 Å². The van der Waals surface area contributed by atoms with E-state index in [-0.39, 0.29) is 13.6 Å². The number of hydrogen-bond acceptors (Lipinski definition) is 10. The largest absolute Gasteiger partial charge is 0.465 e. The van der Waals surface area contributed by atoms with Gasteiger partial charge in [0, 0.05) is 103 Å². The third kappa shape index (κ3) is 18.7. The highest BCUT2D eigenvalue weighted by molar-refractivity contribution is 6.11. The molecule has 0 aliphatic rings. The van der Waals surface area contributed by atoms with Gasteiger partial charge in [0.2, 0.25) is 0 Å². The number of pyridine rings is 1. The summed E-state index contributed by atoms with van der Waals surface area (Å²) in [6, 6.07) is 70.9. The van der Waals surface area contributed by atoms with Gasteiger partial charge < -0.3 is 57.7 Å². The Morgan fingerprint density at radius 1 is 0.460 bits per heavy atom. The first-order chi connectivity index (χ1) is 48.6. The molecule has 0 atom stereocenters. The number of fused-ring (bicyclic) bond motifs is 9. The van der Waals surface area contributed by atoms with Gasteiger partial charge in [-0.25, -0.2) is 0 Å². The Kier molecular flexibility index (Phi) is 29.2. The number of likely N-dealkylation sites (N-methyl/N-ethyl adjacent to an activating group) is 1. The highest BCUT2D eigenvalue weighted by atomic mass is 16.7. The number of para-hydroxylation sites is 6. The maximum atomic E-state index is 11.2. The van der Waals surface area contributed by atoms with Crippen LogP contribution in [0.2, 0.25) is 0 Å². The zero-order valence-electron chi connectivity index (χ0n) is 61.8. The summed E-state index contributed by atoms with van der Waals surface area (Å²) in [4.78, 5) is 20.1. The third-order valence-corrected chi connectivity index (χ3v) is 17.7. The molecule has 13 heteroatoms. The molecule has 0 amide bonds. The molecule has 100 heavy (non-hydrogen) atoms. The number of methoxy groups -OCH3 is 3. The Morgan fingerprint density at radius 3 is 1.11 bits per heavy atom. The maximum Gasteiger partial charge on any atom is 0.188 e. The van der Waals surface area contributed by atoms with Crippen molar-refractivity contribution >= 4 is 71.7 Å². The van der Waals surface area contributed by atoms with Crippen LogP contribution in [0.3, 0.4) is 0 Å². The van der Waals surface area contributed by atoms with Crippen molar-refractivity contribution < 1.29 is 28.5 Å². The predicted molar refractivity (Wildman–Crippen MR) is 420 cm³/mol. The molecule has 0 aliphatic carbocycles. The summed E-state index contributed by atoms with van der Waals surface area (Å²) in [5, 5.41) is 7.44. The molecule has 4 aromatic heterocycles. The Hall–Kier alpha value is -9.44. The molecule has 9 aromatic carbocycles. The van der Waals surface area contributed by atoms with Crippen molar-refractivity contribution in [3.63, 3.8) is 0 Å². The van der Waals surface area contributed by atoms with Gasteiger partial charge in [-0.1, -0.05) is 168 Å². The fourth-order valence-electron chi connectivity index (χ4n) is 12.6. The second-order valence-electron chi connectivity index (χ2n) is 25.4. The van der Waals surface area contributed by atoms with Crippen LogP contribution in [0.25, 0.3) is 82.5 Å². The summed E-state index contributed by atoms with van der Waals surface area (Å²) in [6.07, 6.45) is 4.89. The predicted octanol–water partition coefficient (Wildman–Crippen LogP) is 19.1. The minimum atomic E-state index is 0.124. The standard InChI is InChI=1S/C47H47N3O2.C23H21NO3.C8H11N.C4H11N.C3H8O.C2H7N/c1-6-48(25-23-35-27-32(2)29-45(34(35)4)49-41-19-11-7-15-37(41)38-16-8-12-20-42(38)49)26-24-36-28-33(3)30-46(47(36)52-31-51-5)50-43-21-13-9-17-39(43)40-18-10-14-22-44(40)50;1-16-13-17(11-12-25)23(27-15-26-2)22(14-16)24-20-9-5-3-7-18(20)19-8-4-6-10-21(19)24;1-7(2)8-5-3-4-6-9-8;1-4-5(2)3;1-3-4-2;1-2-3/h7-22,27-30H,6,23-26,31H2,1-5H3;3-10,12-14H,11,15H2,1-2H3;3-7H,1-2H3;4H2,1-3H3;3H2,1-2H3;2-3H2,1H3. The van der Waals surface area contributed by atoms with Gasteiger partial charge in [0.25, 0.3) is 0 Å². The quantitative estimate of drug-likeness (QED) is 0.0549. The lowest BCUT2D eigenvalue weighted by Crippen LogP contribution is -2.28. The molecule has 0 saturated heterocycles. The Balaban J connectivity index is 0.000000218. The molecule has 4 heterocycles. The van der Waals surface area contributed by atoms with E-state index in [2.05, 4.69) is 260 Å². The molecule has 13 aromatic rings. The number of carbonyl (C=O) groups excluding carboxylic acids is 1. The van der Waals surface area contributed by atoms with Crippen LogP contribution in [0.1, 0.15) is 92.1 Å². The maximum absolute atomic E-state index is 11.2. The molecule has 0 fully saturated rings. The van der Waals surface area contributed by atoms with Crippen LogP contribution in [0, 0.1) is 27.7 Å². The number of aldehydes is 1. The van der Waals surface area contributed by atoms with E-state index >= 15 is 0 Å². The highest BCUT2D eigenvalue weighted by Crippen LogP contribution is 2.41. The number of aromatic nitrogens is 4. The molecule has 0 unspecified atom stereocenters. The van der Waals surface area contributed by atoms with Crippen molar-refractivity contribution in [3.8, 4) is 28.6 Å². The molecule has 0 radical (unpaired) electrons. The molecular weight excluding hydrogens is 1240 g/mol. The van der Waals surface area contributed by atoms with Crippen LogP contribution in [0.5, 0.6) is 11.5 Å². The van der Waals surface area contributed by atoms with Gasteiger partial charge in [-0.2, -0.15) is 0 Å². The van der Waals surface area contributed by atoms with E-state index in [0.717, 1.165) is 103 Å². The van der Waals surface area contributed by atoms with Crippen molar-refractivity contribution in [2.24, 2.45) is 5.73 Å². The fourth-order valence-corrected chi connectivity index (χ4v) is 12.6. The Morgan fingerprint density at radius 2 is 0.790 bits per heavy atom. The van der Waals surface area contributed by atoms with Gasteiger partial charge >= 0.3 is 0 Å². The summed E-state index contributed by atoms with van der Waals surface area (Å²) in [7, 11) is 9.07. The summed E-state index contributed by atoms with van der Waals surface area (Å²) in [5.41, 5.74) is 24.7. The summed E-state index contributed by atoms with van der Waals surface area (Å²) in [6.45, 7) is 27.2.